The highest BCUT2D eigenvalue weighted by Gasteiger charge is 2.27. The Morgan fingerprint density at radius 3 is 2.89 bits per heavy atom. The van der Waals surface area contributed by atoms with Gasteiger partial charge in [-0.25, -0.2) is 4.39 Å². The largest absolute Gasteiger partial charge is 0.507 e. The molecule has 3 N–H and O–H groups in total. The zero-order valence-corrected chi connectivity index (χ0v) is 11.1. The molecule has 6 heteroatoms. The van der Waals surface area contributed by atoms with E-state index in [0.29, 0.717) is 18.1 Å². The first-order valence-corrected chi connectivity index (χ1v) is 6.47. The molecule has 1 aliphatic heterocycles. The van der Waals surface area contributed by atoms with Crippen LogP contribution in [0.5, 0.6) is 5.75 Å². The van der Waals surface area contributed by atoms with Crippen molar-refractivity contribution >= 4 is 23.1 Å². The average Bonchev–Trinajstić information content (AvgIpc) is 2.38. The maximum absolute atomic E-state index is 12.9. The second kappa shape index (κ2) is 5.52. The van der Waals surface area contributed by atoms with Gasteiger partial charge < -0.3 is 15.7 Å². The van der Waals surface area contributed by atoms with Crippen LogP contribution in [0.3, 0.4) is 0 Å². The number of phenols is 1. The Balaban J connectivity index is 2.17. The summed E-state index contributed by atoms with van der Waals surface area (Å²) in [6.45, 7) is 1.04. The molecule has 1 saturated heterocycles. The number of rotatable bonds is 2. The van der Waals surface area contributed by atoms with Crippen molar-refractivity contribution in [1.29, 1.82) is 0 Å². The van der Waals surface area contributed by atoms with Crippen LogP contribution < -0.4 is 5.73 Å². The summed E-state index contributed by atoms with van der Waals surface area (Å²) in [4.78, 5) is 14.3. The summed E-state index contributed by atoms with van der Waals surface area (Å²) >= 11 is 4.96. The fraction of sp³-hybridized carbons (Fsp3) is 0.385. The monoisotopic (exact) mass is 282 g/mol. The molecule has 0 radical (unpaired) electrons. The van der Waals surface area contributed by atoms with Crippen molar-refractivity contribution in [3.8, 4) is 5.75 Å². The van der Waals surface area contributed by atoms with Crippen LogP contribution in [0.4, 0.5) is 4.39 Å². The van der Waals surface area contributed by atoms with Crippen LogP contribution in [0.1, 0.15) is 23.2 Å². The highest BCUT2D eigenvalue weighted by Crippen LogP contribution is 2.23. The second-order valence-corrected chi connectivity index (χ2v) is 5.13. The summed E-state index contributed by atoms with van der Waals surface area (Å²) in [7, 11) is 0. The minimum absolute atomic E-state index is 0.00953. The van der Waals surface area contributed by atoms with Gasteiger partial charge in [-0.05, 0) is 25.0 Å². The summed E-state index contributed by atoms with van der Waals surface area (Å²) in [5.74, 6) is -1.23. The lowest BCUT2D eigenvalue weighted by Crippen LogP contribution is -2.43. The molecule has 0 spiro atoms. The lowest BCUT2D eigenvalue weighted by Gasteiger charge is -2.32. The first-order chi connectivity index (χ1) is 8.99. The van der Waals surface area contributed by atoms with Crippen molar-refractivity contribution in [2.45, 2.75) is 12.8 Å². The SMILES string of the molecule is NC(=S)C1CCCN(C(=O)c2ccc(F)cc2O)C1. The lowest BCUT2D eigenvalue weighted by molar-refractivity contribution is 0.0700. The number of nitrogens with two attached hydrogens (primary N) is 1. The van der Waals surface area contributed by atoms with Crippen molar-refractivity contribution in [2.75, 3.05) is 13.1 Å². The Labute approximate surface area is 116 Å². The van der Waals surface area contributed by atoms with E-state index in [0.717, 1.165) is 25.0 Å². The smallest absolute Gasteiger partial charge is 0.257 e. The third-order valence-electron chi connectivity index (χ3n) is 3.30. The number of nitrogens with zero attached hydrogens (tertiary/aromatic N) is 1. The summed E-state index contributed by atoms with van der Waals surface area (Å²) in [5, 5.41) is 9.63. The Kier molecular flexibility index (Phi) is 3.99. The highest BCUT2D eigenvalue weighted by molar-refractivity contribution is 7.80. The third kappa shape index (κ3) is 3.01. The van der Waals surface area contributed by atoms with Crippen LogP contribution in [-0.4, -0.2) is 34.0 Å². The Hall–Kier alpha value is -1.69. The molecule has 0 bridgehead atoms. The van der Waals surface area contributed by atoms with Gasteiger partial charge in [0, 0.05) is 25.1 Å². The number of likely N-dealkylation sites (tertiary alicyclic amines) is 1. The molecule has 1 fully saturated rings. The number of halogens is 1. The van der Waals surface area contributed by atoms with Gasteiger partial charge in [-0.15, -0.1) is 0 Å². The summed E-state index contributed by atoms with van der Waals surface area (Å²) < 4.78 is 12.9. The lowest BCUT2D eigenvalue weighted by atomic mass is 9.97. The maximum Gasteiger partial charge on any atom is 0.257 e. The van der Waals surface area contributed by atoms with Gasteiger partial charge in [0.2, 0.25) is 0 Å². The molecule has 1 aliphatic rings. The number of hydrogen-bond acceptors (Lipinski definition) is 3. The quantitative estimate of drug-likeness (QED) is 0.810. The molecular weight excluding hydrogens is 267 g/mol. The maximum atomic E-state index is 12.9. The van der Waals surface area contributed by atoms with Crippen LogP contribution in [0, 0.1) is 11.7 Å². The molecule has 2 rings (SSSR count). The molecular formula is C13H15FN2O2S. The summed E-state index contributed by atoms with van der Waals surface area (Å²) in [5.41, 5.74) is 5.71. The van der Waals surface area contributed by atoms with E-state index in [4.69, 9.17) is 18.0 Å². The molecule has 0 aliphatic carbocycles. The number of piperidine rings is 1. The standard InChI is InChI=1S/C13H15FN2O2S/c14-9-3-4-10(11(17)6-9)13(18)16-5-1-2-8(7-16)12(15)19/h3-4,6,8,17H,1-2,5,7H2,(H2,15,19). The van der Waals surface area contributed by atoms with E-state index < -0.39 is 5.82 Å². The first-order valence-electron chi connectivity index (χ1n) is 6.06. The van der Waals surface area contributed by atoms with E-state index in [1.807, 2.05) is 0 Å². The van der Waals surface area contributed by atoms with Gasteiger partial charge in [0.05, 0.1) is 10.6 Å². The van der Waals surface area contributed by atoms with E-state index in [9.17, 15) is 14.3 Å². The first kappa shape index (κ1) is 13.7. The zero-order chi connectivity index (χ0) is 14.0. The Bertz CT molecular complexity index is 521. The van der Waals surface area contributed by atoms with E-state index in [-0.39, 0.29) is 23.1 Å². The Morgan fingerprint density at radius 2 is 2.26 bits per heavy atom. The molecule has 1 unspecified atom stereocenters. The van der Waals surface area contributed by atoms with Gasteiger partial charge >= 0.3 is 0 Å². The predicted molar refractivity (Wildman–Crippen MR) is 73.5 cm³/mol. The van der Waals surface area contributed by atoms with E-state index >= 15 is 0 Å². The molecule has 0 aromatic heterocycles. The van der Waals surface area contributed by atoms with E-state index in [1.165, 1.54) is 6.07 Å². The summed E-state index contributed by atoms with van der Waals surface area (Å²) in [6.07, 6.45) is 1.68. The number of thiocarbonyl (C=S) groups is 1. The normalized spacial score (nSPS) is 19.2. The van der Waals surface area contributed by atoms with Crippen molar-refractivity contribution in [2.24, 2.45) is 11.7 Å². The summed E-state index contributed by atoms with van der Waals surface area (Å²) in [6, 6.07) is 3.38. The third-order valence-corrected chi connectivity index (χ3v) is 3.63. The number of benzene rings is 1. The van der Waals surface area contributed by atoms with Gasteiger partial charge in [-0.1, -0.05) is 12.2 Å². The second-order valence-electron chi connectivity index (χ2n) is 4.65. The number of carbonyl (C=O) groups excluding carboxylic acids is 1. The van der Waals surface area contributed by atoms with E-state index in [1.54, 1.807) is 4.90 Å². The zero-order valence-electron chi connectivity index (χ0n) is 10.3. The number of phenolic OH excluding ortho intramolecular Hbond substituents is 1. The molecule has 19 heavy (non-hydrogen) atoms. The highest BCUT2D eigenvalue weighted by atomic mass is 32.1. The number of carbonyl (C=O) groups is 1. The molecule has 1 amide bonds. The minimum Gasteiger partial charge on any atom is -0.507 e. The number of hydrogen-bond donors (Lipinski definition) is 2. The number of amides is 1. The van der Waals surface area contributed by atoms with Crippen LogP contribution in [0.25, 0.3) is 0 Å². The van der Waals surface area contributed by atoms with Crippen LogP contribution in [-0.2, 0) is 0 Å². The molecule has 102 valence electrons. The molecule has 0 saturated carbocycles. The van der Waals surface area contributed by atoms with Crippen molar-refractivity contribution in [3.63, 3.8) is 0 Å². The topological polar surface area (TPSA) is 66.6 Å². The minimum atomic E-state index is -0.575. The van der Waals surface area contributed by atoms with Crippen molar-refractivity contribution in [1.82, 2.24) is 4.90 Å². The van der Waals surface area contributed by atoms with Crippen molar-refractivity contribution < 1.29 is 14.3 Å². The van der Waals surface area contributed by atoms with Crippen LogP contribution in [0.2, 0.25) is 0 Å². The van der Waals surface area contributed by atoms with E-state index in [2.05, 4.69) is 0 Å². The molecule has 1 aromatic carbocycles. The van der Waals surface area contributed by atoms with Crippen LogP contribution in [0.15, 0.2) is 18.2 Å². The molecule has 1 atom stereocenters. The fourth-order valence-corrected chi connectivity index (χ4v) is 2.44. The molecule has 1 aromatic rings. The van der Waals surface area contributed by atoms with Crippen LogP contribution >= 0.6 is 12.2 Å². The molecule has 4 nitrogen and oxygen atoms in total. The molecule has 1 heterocycles. The van der Waals surface area contributed by atoms with Gasteiger partial charge in [-0.2, -0.15) is 0 Å². The fourth-order valence-electron chi connectivity index (χ4n) is 2.25. The van der Waals surface area contributed by atoms with Gasteiger partial charge in [0.1, 0.15) is 11.6 Å². The number of aromatic hydroxyl groups is 1. The average molecular weight is 282 g/mol. The van der Waals surface area contributed by atoms with Gasteiger partial charge in [0.15, 0.2) is 0 Å². The Morgan fingerprint density at radius 1 is 1.53 bits per heavy atom. The predicted octanol–water partition coefficient (Wildman–Crippen LogP) is 1.67. The van der Waals surface area contributed by atoms with Crippen molar-refractivity contribution in [3.05, 3.63) is 29.6 Å². The van der Waals surface area contributed by atoms with Gasteiger partial charge in [0.25, 0.3) is 5.91 Å². The van der Waals surface area contributed by atoms with Gasteiger partial charge in [-0.3, -0.25) is 4.79 Å².